The average molecular weight is 279 g/mol. The van der Waals surface area contributed by atoms with Gasteiger partial charge in [0, 0.05) is 12.7 Å². The fraction of sp³-hybridized carbons (Fsp3) is 0.308. The predicted molar refractivity (Wildman–Crippen MR) is 75.1 cm³/mol. The molecular formula is C13H15ClN4O. The standard InChI is InChI=1S/C13H15ClN4O/c1-9(2)19-13-16-11(14)15-12(17-13)18(3)10-7-5-4-6-8-10/h4-9H,1-3H3. The Morgan fingerprint density at radius 2 is 1.79 bits per heavy atom. The number of nitrogens with zero attached hydrogens (tertiary/aromatic N) is 4. The first kappa shape index (κ1) is 13.5. The summed E-state index contributed by atoms with van der Waals surface area (Å²) in [4.78, 5) is 14.1. The molecule has 0 aliphatic rings. The average Bonchev–Trinajstić information content (AvgIpc) is 2.37. The van der Waals surface area contributed by atoms with Crippen LogP contribution in [0, 0.1) is 0 Å². The van der Waals surface area contributed by atoms with Gasteiger partial charge in [0.25, 0.3) is 0 Å². The Labute approximate surface area is 117 Å². The summed E-state index contributed by atoms with van der Waals surface area (Å²) in [5, 5.41) is 0.114. The van der Waals surface area contributed by atoms with Gasteiger partial charge in [-0.2, -0.15) is 15.0 Å². The van der Waals surface area contributed by atoms with Gasteiger partial charge in [-0.1, -0.05) is 18.2 Å². The summed E-state index contributed by atoms with van der Waals surface area (Å²) < 4.78 is 5.45. The van der Waals surface area contributed by atoms with Crippen molar-refractivity contribution in [3.63, 3.8) is 0 Å². The summed E-state index contributed by atoms with van der Waals surface area (Å²) in [7, 11) is 1.86. The molecule has 19 heavy (non-hydrogen) atoms. The summed E-state index contributed by atoms with van der Waals surface area (Å²) >= 11 is 5.90. The molecule has 0 amide bonds. The van der Waals surface area contributed by atoms with E-state index in [0.29, 0.717) is 5.95 Å². The van der Waals surface area contributed by atoms with Crippen LogP contribution in [0.4, 0.5) is 11.6 Å². The number of rotatable bonds is 4. The lowest BCUT2D eigenvalue weighted by Crippen LogP contribution is -2.16. The Hall–Kier alpha value is -1.88. The van der Waals surface area contributed by atoms with E-state index in [1.54, 1.807) is 0 Å². The first-order chi connectivity index (χ1) is 9.06. The number of hydrogen-bond donors (Lipinski definition) is 0. The zero-order valence-electron chi connectivity index (χ0n) is 11.0. The summed E-state index contributed by atoms with van der Waals surface area (Å²) in [6.07, 6.45) is -0.0200. The van der Waals surface area contributed by atoms with Crippen LogP contribution in [0.2, 0.25) is 5.28 Å². The topological polar surface area (TPSA) is 51.1 Å². The molecule has 0 radical (unpaired) electrons. The number of para-hydroxylation sites is 1. The Bertz CT molecular complexity index is 548. The van der Waals surface area contributed by atoms with Gasteiger partial charge in [0.2, 0.25) is 11.2 Å². The minimum atomic E-state index is -0.0200. The molecular weight excluding hydrogens is 264 g/mol. The van der Waals surface area contributed by atoms with Crippen LogP contribution in [0.25, 0.3) is 0 Å². The zero-order valence-corrected chi connectivity index (χ0v) is 11.8. The Morgan fingerprint density at radius 1 is 1.11 bits per heavy atom. The molecule has 0 spiro atoms. The Balaban J connectivity index is 2.31. The third-order valence-corrected chi connectivity index (χ3v) is 2.53. The van der Waals surface area contributed by atoms with Crippen LogP contribution in [0.3, 0.4) is 0 Å². The fourth-order valence-electron chi connectivity index (χ4n) is 1.50. The highest BCUT2D eigenvalue weighted by atomic mass is 35.5. The third kappa shape index (κ3) is 3.54. The van der Waals surface area contributed by atoms with Gasteiger partial charge in [-0.25, -0.2) is 0 Å². The van der Waals surface area contributed by atoms with E-state index in [1.165, 1.54) is 0 Å². The highest BCUT2D eigenvalue weighted by molar-refractivity contribution is 6.28. The van der Waals surface area contributed by atoms with Gasteiger partial charge in [0.1, 0.15) is 0 Å². The van der Waals surface area contributed by atoms with Crippen molar-refractivity contribution in [3.8, 4) is 6.01 Å². The lowest BCUT2D eigenvalue weighted by Gasteiger charge is -2.17. The number of hydrogen-bond acceptors (Lipinski definition) is 5. The summed E-state index contributed by atoms with van der Waals surface area (Å²) in [5.41, 5.74) is 0.959. The van der Waals surface area contributed by atoms with Crippen LogP contribution in [-0.2, 0) is 0 Å². The van der Waals surface area contributed by atoms with E-state index in [0.717, 1.165) is 5.69 Å². The second-order valence-electron chi connectivity index (χ2n) is 4.25. The second kappa shape index (κ2) is 5.84. The van der Waals surface area contributed by atoms with Gasteiger partial charge < -0.3 is 9.64 Å². The molecule has 5 nitrogen and oxygen atoms in total. The van der Waals surface area contributed by atoms with E-state index in [9.17, 15) is 0 Å². The molecule has 1 aromatic heterocycles. The van der Waals surface area contributed by atoms with Crippen molar-refractivity contribution < 1.29 is 4.74 Å². The largest absolute Gasteiger partial charge is 0.461 e. The zero-order chi connectivity index (χ0) is 13.8. The van der Waals surface area contributed by atoms with Crippen molar-refractivity contribution in [1.82, 2.24) is 15.0 Å². The monoisotopic (exact) mass is 278 g/mol. The highest BCUT2D eigenvalue weighted by Gasteiger charge is 2.12. The molecule has 2 aromatic rings. The molecule has 1 aromatic carbocycles. The molecule has 2 rings (SSSR count). The van der Waals surface area contributed by atoms with Gasteiger partial charge in [0.05, 0.1) is 6.10 Å². The van der Waals surface area contributed by atoms with E-state index in [-0.39, 0.29) is 17.4 Å². The Morgan fingerprint density at radius 3 is 2.42 bits per heavy atom. The minimum absolute atomic E-state index is 0.0200. The van der Waals surface area contributed by atoms with Crippen LogP contribution >= 0.6 is 11.6 Å². The first-order valence-corrected chi connectivity index (χ1v) is 6.31. The molecule has 0 bridgehead atoms. The van der Waals surface area contributed by atoms with Crippen molar-refractivity contribution in [2.24, 2.45) is 0 Å². The minimum Gasteiger partial charge on any atom is -0.461 e. The van der Waals surface area contributed by atoms with E-state index in [4.69, 9.17) is 16.3 Å². The number of halogens is 1. The van der Waals surface area contributed by atoms with Crippen LogP contribution in [0.15, 0.2) is 30.3 Å². The predicted octanol–water partition coefficient (Wildman–Crippen LogP) is 3.08. The van der Waals surface area contributed by atoms with E-state index < -0.39 is 0 Å². The van der Waals surface area contributed by atoms with Gasteiger partial charge in [-0.05, 0) is 37.6 Å². The van der Waals surface area contributed by atoms with Crippen molar-refractivity contribution >= 4 is 23.2 Å². The van der Waals surface area contributed by atoms with Crippen molar-refractivity contribution in [3.05, 3.63) is 35.6 Å². The molecule has 0 atom stereocenters. The third-order valence-electron chi connectivity index (χ3n) is 2.36. The molecule has 0 unspecified atom stereocenters. The van der Waals surface area contributed by atoms with Crippen LogP contribution in [0.5, 0.6) is 6.01 Å². The maximum atomic E-state index is 5.90. The van der Waals surface area contributed by atoms with Gasteiger partial charge in [0.15, 0.2) is 0 Å². The number of aromatic nitrogens is 3. The molecule has 6 heteroatoms. The molecule has 100 valence electrons. The van der Waals surface area contributed by atoms with Gasteiger partial charge in [-0.3, -0.25) is 0 Å². The normalized spacial score (nSPS) is 10.6. The first-order valence-electron chi connectivity index (χ1n) is 5.93. The smallest absolute Gasteiger partial charge is 0.322 e. The van der Waals surface area contributed by atoms with E-state index in [2.05, 4.69) is 15.0 Å². The van der Waals surface area contributed by atoms with Crippen LogP contribution in [0.1, 0.15) is 13.8 Å². The number of anilines is 2. The second-order valence-corrected chi connectivity index (χ2v) is 4.59. The maximum absolute atomic E-state index is 5.90. The molecule has 0 aliphatic heterocycles. The van der Waals surface area contributed by atoms with E-state index >= 15 is 0 Å². The number of ether oxygens (including phenoxy) is 1. The van der Waals surface area contributed by atoms with Crippen LogP contribution in [-0.4, -0.2) is 28.1 Å². The molecule has 0 N–H and O–H groups in total. The fourth-order valence-corrected chi connectivity index (χ4v) is 1.65. The van der Waals surface area contributed by atoms with E-state index in [1.807, 2.05) is 56.1 Å². The molecule has 1 heterocycles. The van der Waals surface area contributed by atoms with Crippen molar-refractivity contribution in [2.45, 2.75) is 20.0 Å². The molecule has 0 saturated carbocycles. The Kier molecular flexibility index (Phi) is 4.16. The lowest BCUT2D eigenvalue weighted by molar-refractivity contribution is 0.221. The molecule has 0 aliphatic carbocycles. The van der Waals surface area contributed by atoms with Crippen molar-refractivity contribution in [1.29, 1.82) is 0 Å². The maximum Gasteiger partial charge on any atom is 0.322 e. The summed E-state index contributed by atoms with van der Waals surface area (Å²) in [6, 6.07) is 9.99. The van der Waals surface area contributed by atoms with Crippen LogP contribution < -0.4 is 9.64 Å². The quantitative estimate of drug-likeness (QED) is 0.860. The molecule has 0 saturated heterocycles. The molecule has 0 fully saturated rings. The van der Waals surface area contributed by atoms with Gasteiger partial charge >= 0.3 is 6.01 Å². The van der Waals surface area contributed by atoms with Crippen molar-refractivity contribution in [2.75, 3.05) is 11.9 Å². The summed E-state index contributed by atoms with van der Waals surface area (Å²) in [6.45, 7) is 3.80. The van der Waals surface area contributed by atoms with Gasteiger partial charge in [-0.15, -0.1) is 0 Å². The summed E-state index contributed by atoms with van der Waals surface area (Å²) in [5.74, 6) is 0.446. The highest BCUT2D eigenvalue weighted by Crippen LogP contribution is 2.22. The number of benzene rings is 1. The SMILES string of the molecule is CC(C)Oc1nc(Cl)nc(N(C)c2ccccc2)n1. The lowest BCUT2D eigenvalue weighted by atomic mass is 10.3.